The van der Waals surface area contributed by atoms with Gasteiger partial charge in [0.15, 0.2) is 0 Å². The smallest absolute Gasteiger partial charge is 0.230 e. The van der Waals surface area contributed by atoms with Crippen LogP contribution >= 0.6 is 11.6 Å². The van der Waals surface area contributed by atoms with Gasteiger partial charge in [0.05, 0.1) is 11.5 Å². The Morgan fingerprint density at radius 3 is 2.71 bits per heavy atom. The minimum atomic E-state index is -0.630. The molecule has 1 unspecified atom stereocenters. The Morgan fingerprint density at radius 2 is 2.10 bits per heavy atom. The molecule has 1 fully saturated rings. The molecular formula is C16H22ClNO3. The van der Waals surface area contributed by atoms with Gasteiger partial charge in [0, 0.05) is 24.8 Å². The number of aliphatic hydroxyl groups excluding tert-OH is 1. The number of benzene rings is 1. The van der Waals surface area contributed by atoms with Gasteiger partial charge in [-0.3, -0.25) is 4.79 Å². The van der Waals surface area contributed by atoms with Crippen molar-refractivity contribution >= 4 is 17.5 Å². The number of aliphatic hydroxyl groups is 1. The number of ether oxygens (including phenoxy) is 1. The quantitative estimate of drug-likeness (QED) is 0.877. The van der Waals surface area contributed by atoms with Crippen LogP contribution in [0.4, 0.5) is 0 Å². The van der Waals surface area contributed by atoms with E-state index in [4.69, 9.17) is 16.3 Å². The van der Waals surface area contributed by atoms with Gasteiger partial charge < -0.3 is 15.2 Å². The lowest BCUT2D eigenvalue weighted by molar-refractivity contribution is -0.130. The van der Waals surface area contributed by atoms with E-state index in [0.29, 0.717) is 44.0 Å². The van der Waals surface area contributed by atoms with Gasteiger partial charge in [-0.1, -0.05) is 29.8 Å². The molecule has 1 amide bonds. The molecule has 2 rings (SSSR count). The maximum atomic E-state index is 12.7. The fourth-order valence-electron chi connectivity index (χ4n) is 2.75. The number of hydrogen-bond donors (Lipinski definition) is 2. The molecule has 116 valence electrons. The monoisotopic (exact) mass is 311 g/mol. The average Bonchev–Trinajstić information content (AvgIpc) is 2.48. The van der Waals surface area contributed by atoms with Crippen molar-refractivity contribution < 1.29 is 14.6 Å². The zero-order valence-electron chi connectivity index (χ0n) is 12.3. The largest absolute Gasteiger partial charge is 0.393 e. The summed E-state index contributed by atoms with van der Waals surface area (Å²) >= 11 is 6.31. The number of halogens is 1. The summed E-state index contributed by atoms with van der Waals surface area (Å²) in [4.78, 5) is 12.7. The molecule has 1 aliphatic heterocycles. The van der Waals surface area contributed by atoms with Crippen molar-refractivity contribution in [2.24, 2.45) is 0 Å². The van der Waals surface area contributed by atoms with Crippen LogP contribution in [0.25, 0.3) is 0 Å². The van der Waals surface area contributed by atoms with E-state index < -0.39 is 11.5 Å². The summed E-state index contributed by atoms with van der Waals surface area (Å²) < 4.78 is 5.42. The van der Waals surface area contributed by atoms with E-state index in [-0.39, 0.29) is 5.91 Å². The standard InChI is InChI=1S/C16H22ClNO3/c1-12(19)6-9-18-15(20)16(7-10-21-11-8-16)13-4-2-3-5-14(13)17/h2-5,12,19H,6-11H2,1H3,(H,18,20). The highest BCUT2D eigenvalue weighted by molar-refractivity contribution is 6.31. The second-order valence-electron chi connectivity index (χ2n) is 5.57. The number of nitrogens with one attached hydrogen (secondary N) is 1. The van der Waals surface area contributed by atoms with Crippen molar-refractivity contribution in [2.75, 3.05) is 19.8 Å². The van der Waals surface area contributed by atoms with Crippen LogP contribution in [0.15, 0.2) is 24.3 Å². The van der Waals surface area contributed by atoms with E-state index in [9.17, 15) is 9.90 Å². The average molecular weight is 312 g/mol. The van der Waals surface area contributed by atoms with Crippen LogP contribution in [0, 0.1) is 0 Å². The van der Waals surface area contributed by atoms with E-state index >= 15 is 0 Å². The molecule has 21 heavy (non-hydrogen) atoms. The summed E-state index contributed by atoms with van der Waals surface area (Å²) in [7, 11) is 0. The molecule has 0 saturated carbocycles. The molecular weight excluding hydrogens is 290 g/mol. The van der Waals surface area contributed by atoms with Crippen molar-refractivity contribution in [1.29, 1.82) is 0 Å². The minimum absolute atomic E-state index is 0.0282. The van der Waals surface area contributed by atoms with E-state index in [1.807, 2.05) is 24.3 Å². The lowest BCUT2D eigenvalue weighted by Gasteiger charge is -2.36. The predicted molar refractivity (Wildman–Crippen MR) is 82.5 cm³/mol. The fraction of sp³-hybridized carbons (Fsp3) is 0.562. The lowest BCUT2D eigenvalue weighted by atomic mass is 9.73. The third-order valence-corrected chi connectivity index (χ3v) is 4.35. The van der Waals surface area contributed by atoms with Crippen LogP contribution in [-0.2, 0) is 14.9 Å². The summed E-state index contributed by atoms with van der Waals surface area (Å²) in [5, 5.41) is 12.9. The van der Waals surface area contributed by atoms with Crippen molar-refractivity contribution in [3.05, 3.63) is 34.9 Å². The fourth-order valence-corrected chi connectivity index (χ4v) is 3.07. The molecule has 0 spiro atoms. The molecule has 1 heterocycles. The summed E-state index contributed by atoms with van der Waals surface area (Å²) in [6.07, 6.45) is 1.37. The number of amides is 1. The van der Waals surface area contributed by atoms with Gasteiger partial charge in [0.25, 0.3) is 0 Å². The predicted octanol–water partition coefficient (Wildman–Crippen LogP) is 2.28. The van der Waals surface area contributed by atoms with E-state index in [1.54, 1.807) is 6.92 Å². The Kier molecular flexibility index (Phi) is 5.62. The molecule has 1 aromatic carbocycles. The molecule has 1 atom stereocenters. The first-order valence-corrected chi connectivity index (χ1v) is 7.73. The van der Waals surface area contributed by atoms with Crippen LogP contribution in [0.3, 0.4) is 0 Å². The summed E-state index contributed by atoms with van der Waals surface area (Å²) in [6, 6.07) is 7.50. The molecule has 1 aliphatic rings. The number of rotatable bonds is 5. The molecule has 4 nitrogen and oxygen atoms in total. The molecule has 5 heteroatoms. The van der Waals surface area contributed by atoms with Crippen LogP contribution in [0.5, 0.6) is 0 Å². The Morgan fingerprint density at radius 1 is 1.43 bits per heavy atom. The van der Waals surface area contributed by atoms with E-state index in [1.165, 1.54) is 0 Å². The first-order valence-electron chi connectivity index (χ1n) is 7.35. The van der Waals surface area contributed by atoms with E-state index in [0.717, 1.165) is 5.56 Å². The van der Waals surface area contributed by atoms with Crippen LogP contribution in [0.1, 0.15) is 31.7 Å². The van der Waals surface area contributed by atoms with Crippen LogP contribution < -0.4 is 5.32 Å². The lowest BCUT2D eigenvalue weighted by Crippen LogP contribution is -2.48. The highest BCUT2D eigenvalue weighted by atomic mass is 35.5. The van der Waals surface area contributed by atoms with Gasteiger partial charge >= 0.3 is 0 Å². The highest BCUT2D eigenvalue weighted by Crippen LogP contribution is 2.38. The number of carbonyl (C=O) groups excluding carboxylic acids is 1. The molecule has 0 bridgehead atoms. The zero-order valence-corrected chi connectivity index (χ0v) is 13.0. The van der Waals surface area contributed by atoms with Crippen molar-refractivity contribution in [3.8, 4) is 0 Å². The van der Waals surface area contributed by atoms with Gasteiger partial charge in [-0.05, 0) is 37.8 Å². The molecule has 2 N–H and O–H groups in total. The van der Waals surface area contributed by atoms with Crippen molar-refractivity contribution in [2.45, 2.75) is 37.7 Å². The van der Waals surface area contributed by atoms with Gasteiger partial charge in [0.1, 0.15) is 0 Å². The molecule has 0 aliphatic carbocycles. The topological polar surface area (TPSA) is 58.6 Å². The summed E-state index contributed by atoms with van der Waals surface area (Å²) in [6.45, 7) is 3.28. The van der Waals surface area contributed by atoms with Crippen molar-refractivity contribution in [1.82, 2.24) is 5.32 Å². The Labute approximate surface area is 130 Å². The first-order chi connectivity index (χ1) is 10.1. The van der Waals surface area contributed by atoms with Crippen molar-refractivity contribution in [3.63, 3.8) is 0 Å². The number of hydrogen-bond acceptors (Lipinski definition) is 3. The van der Waals surface area contributed by atoms with Gasteiger partial charge in [0.2, 0.25) is 5.91 Å². The normalized spacial score (nSPS) is 19.0. The molecule has 0 radical (unpaired) electrons. The minimum Gasteiger partial charge on any atom is -0.393 e. The third-order valence-electron chi connectivity index (χ3n) is 4.02. The first kappa shape index (κ1) is 16.3. The Bertz CT molecular complexity index is 484. The third kappa shape index (κ3) is 3.76. The maximum absolute atomic E-state index is 12.7. The summed E-state index contributed by atoms with van der Waals surface area (Å²) in [5.74, 6) is -0.0282. The highest BCUT2D eigenvalue weighted by Gasteiger charge is 2.42. The maximum Gasteiger partial charge on any atom is 0.230 e. The van der Waals surface area contributed by atoms with Crippen LogP contribution in [-0.4, -0.2) is 36.9 Å². The molecule has 1 saturated heterocycles. The SMILES string of the molecule is CC(O)CCNC(=O)C1(c2ccccc2Cl)CCOCC1. The Balaban J connectivity index is 2.21. The number of carbonyl (C=O) groups is 1. The second kappa shape index (κ2) is 7.25. The van der Waals surface area contributed by atoms with Gasteiger partial charge in [-0.25, -0.2) is 0 Å². The van der Waals surface area contributed by atoms with Crippen LogP contribution in [0.2, 0.25) is 5.02 Å². The second-order valence-corrected chi connectivity index (χ2v) is 5.98. The zero-order chi connectivity index (χ0) is 15.3. The molecule has 0 aromatic heterocycles. The van der Waals surface area contributed by atoms with E-state index in [2.05, 4.69) is 5.32 Å². The Hall–Kier alpha value is -1.10. The summed E-state index contributed by atoms with van der Waals surface area (Å²) in [5.41, 5.74) is 0.236. The van der Waals surface area contributed by atoms with Gasteiger partial charge in [-0.15, -0.1) is 0 Å². The van der Waals surface area contributed by atoms with Gasteiger partial charge in [-0.2, -0.15) is 0 Å². The molecule has 1 aromatic rings.